The lowest BCUT2D eigenvalue weighted by molar-refractivity contribution is 1.10. The number of halogens is 1. The van der Waals surface area contributed by atoms with Gasteiger partial charge in [0.15, 0.2) is 11.5 Å². The summed E-state index contributed by atoms with van der Waals surface area (Å²) >= 11 is 6.31. The molecule has 4 aromatic rings. The number of pyridine rings is 1. The summed E-state index contributed by atoms with van der Waals surface area (Å²) < 4.78 is 0. The van der Waals surface area contributed by atoms with Crippen molar-refractivity contribution in [2.45, 2.75) is 0 Å². The number of fused-ring (bicyclic) bond motifs is 1. The number of aromatic nitrogens is 5. The summed E-state index contributed by atoms with van der Waals surface area (Å²) in [4.78, 5) is 13.1. The van der Waals surface area contributed by atoms with Gasteiger partial charge in [-0.25, -0.2) is 9.97 Å². The van der Waals surface area contributed by atoms with Crippen molar-refractivity contribution < 1.29 is 0 Å². The number of H-pyrrole nitrogens is 1. The Balaban J connectivity index is 1.61. The van der Waals surface area contributed by atoms with E-state index in [1.807, 2.05) is 24.3 Å². The van der Waals surface area contributed by atoms with E-state index in [0.717, 1.165) is 22.4 Å². The summed E-state index contributed by atoms with van der Waals surface area (Å²) in [5.41, 5.74) is 2.50. The van der Waals surface area contributed by atoms with Crippen molar-refractivity contribution in [3.8, 4) is 0 Å². The molecule has 0 saturated carbocycles. The first-order valence-corrected chi connectivity index (χ1v) is 10.8. The molecular weight excluding hydrogens is 381 g/mol. The molecule has 136 valence electrons. The Labute approximate surface area is 162 Å². The molecule has 0 spiro atoms. The molecule has 0 aliphatic rings. The molecule has 0 amide bonds. The molecule has 3 heterocycles. The Morgan fingerprint density at radius 1 is 1.04 bits per heavy atom. The van der Waals surface area contributed by atoms with Crippen LogP contribution in [-0.2, 0) is 0 Å². The first-order chi connectivity index (χ1) is 13.1. The van der Waals surface area contributed by atoms with Gasteiger partial charge in [-0.1, -0.05) is 37.7 Å². The summed E-state index contributed by atoms with van der Waals surface area (Å²) in [5, 5.41) is 15.9. The zero-order valence-electron chi connectivity index (χ0n) is 14.7. The summed E-state index contributed by atoms with van der Waals surface area (Å²) in [6, 6.07) is 10.1. The van der Waals surface area contributed by atoms with Crippen LogP contribution in [0.2, 0.25) is 5.02 Å². The van der Waals surface area contributed by atoms with Crippen LogP contribution >= 0.6 is 19.5 Å². The lowest BCUT2D eigenvalue weighted by Crippen LogP contribution is -2.09. The van der Waals surface area contributed by atoms with E-state index in [1.54, 1.807) is 18.6 Å². The van der Waals surface area contributed by atoms with E-state index in [9.17, 15) is 0 Å². The molecule has 0 atom stereocenters. The minimum atomic E-state index is -0.264. The van der Waals surface area contributed by atoms with Gasteiger partial charge >= 0.3 is 0 Å². The maximum Gasteiger partial charge on any atom is 0.229 e. The normalized spacial score (nSPS) is 11.1. The molecule has 4 rings (SSSR count). The van der Waals surface area contributed by atoms with Crippen LogP contribution in [0.3, 0.4) is 0 Å². The summed E-state index contributed by atoms with van der Waals surface area (Å²) in [5.74, 6) is 0.982. The first-order valence-electron chi connectivity index (χ1n) is 8.22. The Kier molecular flexibility index (Phi) is 4.88. The van der Waals surface area contributed by atoms with E-state index in [4.69, 9.17) is 11.6 Å². The van der Waals surface area contributed by atoms with Gasteiger partial charge in [0.05, 0.1) is 24.3 Å². The van der Waals surface area contributed by atoms with Crippen LogP contribution < -0.4 is 15.9 Å². The van der Waals surface area contributed by atoms with Gasteiger partial charge in [-0.15, -0.1) is 0 Å². The second kappa shape index (κ2) is 7.47. The molecule has 9 heteroatoms. The summed E-state index contributed by atoms with van der Waals surface area (Å²) in [7, 11) is -0.264. The maximum absolute atomic E-state index is 6.31. The predicted molar refractivity (Wildman–Crippen MR) is 112 cm³/mol. The highest BCUT2D eigenvalue weighted by molar-refractivity contribution is 7.64. The van der Waals surface area contributed by atoms with Gasteiger partial charge in [0.25, 0.3) is 0 Å². The van der Waals surface area contributed by atoms with Crippen LogP contribution in [0.4, 0.5) is 23.1 Å². The number of para-hydroxylation sites is 1. The van der Waals surface area contributed by atoms with Crippen LogP contribution in [0.1, 0.15) is 0 Å². The number of nitrogens with zero attached hydrogens (tertiary/aromatic N) is 4. The van der Waals surface area contributed by atoms with Gasteiger partial charge in [-0.2, -0.15) is 10.1 Å². The topological polar surface area (TPSA) is 91.4 Å². The third-order valence-electron chi connectivity index (χ3n) is 3.93. The van der Waals surface area contributed by atoms with E-state index in [-0.39, 0.29) is 7.92 Å². The molecule has 3 N–H and O–H groups in total. The molecule has 0 saturated heterocycles. The largest absolute Gasteiger partial charge is 0.338 e. The maximum atomic E-state index is 6.31. The molecule has 27 heavy (non-hydrogen) atoms. The van der Waals surface area contributed by atoms with Crippen molar-refractivity contribution >= 4 is 59.0 Å². The van der Waals surface area contributed by atoms with Crippen LogP contribution in [0.5, 0.6) is 0 Å². The predicted octanol–water partition coefficient (Wildman–Crippen LogP) is 4.26. The fourth-order valence-corrected chi connectivity index (χ4v) is 3.78. The Morgan fingerprint density at radius 2 is 1.89 bits per heavy atom. The van der Waals surface area contributed by atoms with Crippen molar-refractivity contribution in [2.75, 3.05) is 24.0 Å². The molecule has 0 bridgehead atoms. The second-order valence-corrected chi connectivity index (χ2v) is 8.76. The SMILES string of the molecule is CP(C)c1ccccc1Nc1nc(Nc2cnc3[nH]ncc3c2)ncc1Cl. The Morgan fingerprint density at radius 3 is 2.74 bits per heavy atom. The average Bonchev–Trinajstić information content (AvgIpc) is 3.12. The number of anilines is 4. The molecule has 0 aliphatic carbocycles. The van der Waals surface area contributed by atoms with E-state index >= 15 is 0 Å². The zero-order valence-corrected chi connectivity index (χ0v) is 16.4. The monoisotopic (exact) mass is 397 g/mol. The lowest BCUT2D eigenvalue weighted by Gasteiger charge is -2.15. The standard InChI is InChI=1S/C18H17ClN7P/c1-27(2)15-6-4-3-5-14(15)24-17-13(19)10-21-18(25-17)23-12-7-11-8-22-26-16(11)20-9-12/h3-10H,1-2H3,(H,20,22,26)(H2,21,23,24,25). The van der Waals surface area contributed by atoms with Crippen LogP contribution in [0, 0.1) is 0 Å². The number of nitrogens with one attached hydrogen (secondary N) is 3. The third-order valence-corrected chi connectivity index (χ3v) is 5.56. The van der Waals surface area contributed by atoms with Crippen molar-refractivity contribution in [2.24, 2.45) is 0 Å². The number of rotatable bonds is 5. The third kappa shape index (κ3) is 3.84. The molecule has 1 aromatic carbocycles. The van der Waals surface area contributed by atoms with Gasteiger partial charge in [-0.3, -0.25) is 5.10 Å². The van der Waals surface area contributed by atoms with Gasteiger partial charge < -0.3 is 10.6 Å². The van der Waals surface area contributed by atoms with Gasteiger partial charge in [-0.05, 0) is 30.8 Å². The van der Waals surface area contributed by atoms with Crippen molar-refractivity contribution in [3.05, 3.63) is 53.9 Å². The Hall–Kier alpha value is -2.76. The summed E-state index contributed by atoms with van der Waals surface area (Å²) in [6.07, 6.45) is 4.99. The molecule has 0 unspecified atom stereocenters. The van der Waals surface area contributed by atoms with Crippen molar-refractivity contribution in [1.29, 1.82) is 0 Å². The van der Waals surface area contributed by atoms with Gasteiger partial charge in [0, 0.05) is 11.1 Å². The van der Waals surface area contributed by atoms with Crippen LogP contribution in [-0.4, -0.2) is 38.5 Å². The van der Waals surface area contributed by atoms with E-state index in [2.05, 4.69) is 55.2 Å². The Bertz CT molecular complexity index is 1100. The quantitative estimate of drug-likeness (QED) is 0.436. The molecule has 0 aliphatic heterocycles. The molecular formula is C18H17ClN7P. The van der Waals surface area contributed by atoms with Gasteiger partial charge in [0.2, 0.25) is 5.95 Å². The minimum Gasteiger partial charge on any atom is -0.338 e. The lowest BCUT2D eigenvalue weighted by atomic mass is 10.3. The van der Waals surface area contributed by atoms with Gasteiger partial charge in [0.1, 0.15) is 5.02 Å². The minimum absolute atomic E-state index is 0.264. The van der Waals surface area contributed by atoms with E-state index in [0.29, 0.717) is 16.8 Å². The van der Waals surface area contributed by atoms with E-state index < -0.39 is 0 Å². The van der Waals surface area contributed by atoms with Crippen LogP contribution in [0.15, 0.2) is 48.9 Å². The van der Waals surface area contributed by atoms with Crippen molar-refractivity contribution in [3.63, 3.8) is 0 Å². The number of aromatic amines is 1. The number of hydrogen-bond donors (Lipinski definition) is 3. The van der Waals surface area contributed by atoms with Crippen LogP contribution in [0.25, 0.3) is 11.0 Å². The molecule has 0 fully saturated rings. The fourth-order valence-electron chi connectivity index (χ4n) is 2.65. The molecule has 3 aromatic heterocycles. The highest BCUT2D eigenvalue weighted by atomic mass is 35.5. The number of hydrogen-bond acceptors (Lipinski definition) is 6. The second-order valence-electron chi connectivity index (χ2n) is 6.08. The average molecular weight is 398 g/mol. The first kappa shape index (κ1) is 17.6. The molecule has 7 nitrogen and oxygen atoms in total. The highest BCUT2D eigenvalue weighted by Crippen LogP contribution is 2.31. The summed E-state index contributed by atoms with van der Waals surface area (Å²) in [6.45, 7) is 4.42. The molecule has 0 radical (unpaired) electrons. The van der Waals surface area contributed by atoms with Crippen molar-refractivity contribution in [1.82, 2.24) is 25.1 Å². The smallest absolute Gasteiger partial charge is 0.229 e. The fraction of sp³-hybridized carbons (Fsp3) is 0.111. The van der Waals surface area contributed by atoms with E-state index in [1.165, 1.54) is 5.30 Å². The number of benzene rings is 1. The highest BCUT2D eigenvalue weighted by Gasteiger charge is 2.11. The zero-order chi connectivity index (χ0) is 18.8.